The van der Waals surface area contributed by atoms with Crippen molar-refractivity contribution in [2.24, 2.45) is 5.92 Å². The van der Waals surface area contributed by atoms with Crippen molar-refractivity contribution < 1.29 is 18.0 Å². The van der Waals surface area contributed by atoms with E-state index in [-0.39, 0.29) is 23.3 Å². The van der Waals surface area contributed by atoms with E-state index in [0.717, 1.165) is 11.1 Å². The number of carbonyl (C=O) groups is 2. The number of rotatable bonds is 7. The molecule has 0 unspecified atom stereocenters. The van der Waals surface area contributed by atoms with Gasteiger partial charge in [-0.1, -0.05) is 60.2 Å². The summed E-state index contributed by atoms with van der Waals surface area (Å²) in [6.45, 7) is 2.75. The second-order valence-corrected chi connectivity index (χ2v) is 10.7. The number of piperidine rings is 1. The molecule has 0 saturated carbocycles. The lowest BCUT2D eigenvalue weighted by atomic mass is 9.98. The topological polar surface area (TPSA) is 95.6 Å². The van der Waals surface area contributed by atoms with Crippen molar-refractivity contribution >= 4 is 27.5 Å². The van der Waals surface area contributed by atoms with Gasteiger partial charge in [0.15, 0.2) is 0 Å². The first-order valence-electron chi connectivity index (χ1n) is 11.6. The lowest BCUT2D eigenvalue weighted by Crippen LogP contribution is -2.43. The number of sulfonamides is 1. The Morgan fingerprint density at radius 3 is 2.37 bits per heavy atom. The normalized spacial score (nSPS) is 16.4. The molecule has 3 aromatic rings. The lowest BCUT2D eigenvalue weighted by molar-refractivity contribution is -0.120. The molecular weight excluding hydrogens is 462 g/mol. The van der Waals surface area contributed by atoms with Crippen LogP contribution in [0.3, 0.4) is 0 Å². The Balaban J connectivity index is 1.43. The van der Waals surface area contributed by atoms with E-state index in [4.69, 9.17) is 0 Å². The Labute approximate surface area is 206 Å². The molecule has 182 valence electrons. The maximum Gasteiger partial charge on any atom is 0.253 e. The fourth-order valence-electron chi connectivity index (χ4n) is 4.13. The molecule has 3 aromatic carbocycles. The summed E-state index contributed by atoms with van der Waals surface area (Å²) in [6, 6.07) is 23.1. The molecule has 2 N–H and O–H groups in total. The van der Waals surface area contributed by atoms with Crippen LogP contribution in [0.2, 0.25) is 0 Å². The molecule has 7 nitrogen and oxygen atoms in total. The zero-order valence-corrected chi connectivity index (χ0v) is 20.4. The van der Waals surface area contributed by atoms with Crippen LogP contribution in [0, 0.1) is 12.8 Å². The molecule has 8 heteroatoms. The highest BCUT2D eigenvalue weighted by atomic mass is 32.2. The van der Waals surface area contributed by atoms with Crippen LogP contribution in [-0.2, 0) is 21.4 Å². The number of carbonyl (C=O) groups excluding carboxylic acids is 2. The van der Waals surface area contributed by atoms with E-state index in [2.05, 4.69) is 10.6 Å². The fraction of sp³-hybridized carbons (Fsp3) is 0.259. The van der Waals surface area contributed by atoms with Gasteiger partial charge in [-0.15, -0.1) is 0 Å². The molecular formula is C27H29N3O4S. The first-order valence-corrected chi connectivity index (χ1v) is 13.1. The molecule has 1 heterocycles. The summed E-state index contributed by atoms with van der Waals surface area (Å²) in [5.74, 6) is -1.10. The van der Waals surface area contributed by atoms with E-state index in [9.17, 15) is 18.0 Å². The SMILES string of the molecule is Cc1ccc(S(=O)(=O)N2CCC[C@@H](C(=O)Nc3ccccc3C(=O)NCc3ccccc3)C2)cc1. The summed E-state index contributed by atoms with van der Waals surface area (Å²) in [4.78, 5) is 26.1. The number of aryl methyl sites for hydroxylation is 1. The van der Waals surface area contributed by atoms with Crippen molar-refractivity contribution in [2.45, 2.75) is 31.2 Å². The Morgan fingerprint density at radius 2 is 1.63 bits per heavy atom. The highest BCUT2D eigenvalue weighted by molar-refractivity contribution is 7.89. The first kappa shape index (κ1) is 24.6. The van der Waals surface area contributed by atoms with E-state index in [1.54, 1.807) is 48.5 Å². The third kappa shape index (κ3) is 5.96. The van der Waals surface area contributed by atoms with Gasteiger partial charge in [0.25, 0.3) is 5.91 Å². The number of para-hydroxylation sites is 1. The third-order valence-electron chi connectivity index (χ3n) is 6.14. The van der Waals surface area contributed by atoms with Crippen LogP contribution >= 0.6 is 0 Å². The van der Waals surface area contributed by atoms with E-state index < -0.39 is 15.9 Å². The number of benzene rings is 3. The second kappa shape index (κ2) is 10.8. The molecule has 1 aliphatic rings. The van der Waals surface area contributed by atoms with Gasteiger partial charge in [0.2, 0.25) is 15.9 Å². The minimum atomic E-state index is -3.68. The van der Waals surface area contributed by atoms with Gasteiger partial charge in [-0.3, -0.25) is 9.59 Å². The Bertz CT molecular complexity index is 1290. The van der Waals surface area contributed by atoms with Crippen LogP contribution < -0.4 is 10.6 Å². The van der Waals surface area contributed by atoms with Crippen molar-refractivity contribution in [1.82, 2.24) is 9.62 Å². The van der Waals surface area contributed by atoms with Crippen LogP contribution in [-0.4, -0.2) is 37.6 Å². The van der Waals surface area contributed by atoms with Crippen LogP contribution in [0.1, 0.15) is 34.3 Å². The molecule has 4 rings (SSSR count). The van der Waals surface area contributed by atoms with Gasteiger partial charge in [0.05, 0.1) is 22.1 Å². The van der Waals surface area contributed by atoms with Crippen LogP contribution in [0.25, 0.3) is 0 Å². The van der Waals surface area contributed by atoms with E-state index in [1.807, 2.05) is 37.3 Å². The molecule has 0 radical (unpaired) electrons. The molecule has 2 amide bonds. The summed E-state index contributed by atoms with van der Waals surface area (Å²) in [7, 11) is -3.68. The largest absolute Gasteiger partial charge is 0.348 e. The molecule has 0 spiro atoms. The zero-order valence-electron chi connectivity index (χ0n) is 19.6. The Hall–Kier alpha value is -3.49. The van der Waals surface area contributed by atoms with Crippen molar-refractivity contribution in [1.29, 1.82) is 0 Å². The molecule has 1 saturated heterocycles. The number of amides is 2. The number of nitrogens with zero attached hydrogens (tertiary/aromatic N) is 1. The fourth-order valence-corrected chi connectivity index (χ4v) is 5.66. The standard InChI is InChI=1S/C27H29N3O4S/c1-20-13-15-23(16-14-20)35(33,34)30-17-7-10-22(19-30)26(31)29-25-12-6-5-11-24(25)27(32)28-18-21-8-3-2-4-9-21/h2-6,8-9,11-16,22H,7,10,17-19H2,1H3,(H,28,32)(H,29,31)/t22-/m1/s1. The highest BCUT2D eigenvalue weighted by Gasteiger charge is 2.33. The monoisotopic (exact) mass is 491 g/mol. The highest BCUT2D eigenvalue weighted by Crippen LogP contribution is 2.26. The molecule has 1 aliphatic heterocycles. The minimum Gasteiger partial charge on any atom is -0.348 e. The van der Waals surface area contributed by atoms with Crippen molar-refractivity contribution in [3.63, 3.8) is 0 Å². The van der Waals surface area contributed by atoms with Crippen molar-refractivity contribution in [3.05, 3.63) is 95.6 Å². The number of nitrogens with one attached hydrogen (secondary N) is 2. The van der Waals surface area contributed by atoms with E-state index >= 15 is 0 Å². The van der Waals surface area contributed by atoms with E-state index in [1.165, 1.54) is 4.31 Å². The predicted octanol–water partition coefficient (Wildman–Crippen LogP) is 3.96. The average Bonchev–Trinajstić information content (AvgIpc) is 2.88. The third-order valence-corrected chi connectivity index (χ3v) is 8.02. The van der Waals surface area contributed by atoms with Gasteiger partial charge < -0.3 is 10.6 Å². The zero-order chi connectivity index (χ0) is 24.8. The van der Waals surface area contributed by atoms with Crippen LogP contribution in [0.15, 0.2) is 83.8 Å². The maximum atomic E-state index is 13.1. The maximum absolute atomic E-state index is 13.1. The van der Waals surface area contributed by atoms with Crippen LogP contribution in [0.5, 0.6) is 0 Å². The Kier molecular flexibility index (Phi) is 7.63. The molecule has 0 aliphatic carbocycles. The summed E-state index contributed by atoms with van der Waals surface area (Å²) in [5.41, 5.74) is 2.71. The lowest BCUT2D eigenvalue weighted by Gasteiger charge is -2.31. The summed E-state index contributed by atoms with van der Waals surface area (Å²) < 4.78 is 27.6. The van der Waals surface area contributed by atoms with Gasteiger partial charge in [-0.05, 0) is 49.6 Å². The smallest absolute Gasteiger partial charge is 0.253 e. The number of hydrogen-bond acceptors (Lipinski definition) is 4. The van der Waals surface area contributed by atoms with Gasteiger partial charge >= 0.3 is 0 Å². The van der Waals surface area contributed by atoms with Gasteiger partial charge in [-0.2, -0.15) is 4.31 Å². The quantitative estimate of drug-likeness (QED) is 0.523. The first-order chi connectivity index (χ1) is 16.8. The van der Waals surface area contributed by atoms with Crippen molar-refractivity contribution in [2.75, 3.05) is 18.4 Å². The minimum absolute atomic E-state index is 0.102. The van der Waals surface area contributed by atoms with Gasteiger partial charge in [-0.25, -0.2) is 8.42 Å². The second-order valence-electron chi connectivity index (χ2n) is 8.72. The summed E-state index contributed by atoms with van der Waals surface area (Å²) >= 11 is 0. The van der Waals surface area contributed by atoms with Crippen LogP contribution in [0.4, 0.5) is 5.69 Å². The molecule has 35 heavy (non-hydrogen) atoms. The molecule has 0 aromatic heterocycles. The average molecular weight is 492 g/mol. The Morgan fingerprint density at radius 1 is 0.943 bits per heavy atom. The molecule has 0 bridgehead atoms. The van der Waals surface area contributed by atoms with E-state index in [0.29, 0.717) is 37.2 Å². The molecule has 1 fully saturated rings. The molecule has 1 atom stereocenters. The summed E-state index contributed by atoms with van der Waals surface area (Å²) in [6.07, 6.45) is 1.16. The summed E-state index contributed by atoms with van der Waals surface area (Å²) in [5, 5.41) is 5.74. The number of hydrogen-bond donors (Lipinski definition) is 2. The van der Waals surface area contributed by atoms with Crippen molar-refractivity contribution in [3.8, 4) is 0 Å². The van der Waals surface area contributed by atoms with Gasteiger partial charge in [0, 0.05) is 19.6 Å². The van der Waals surface area contributed by atoms with Gasteiger partial charge in [0.1, 0.15) is 0 Å². The predicted molar refractivity (Wildman–Crippen MR) is 135 cm³/mol. The number of anilines is 1.